The molecule has 0 spiro atoms. The lowest BCUT2D eigenvalue weighted by Gasteiger charge is -2.12. The van der Waals surface area contributed by atoms with Crippen LogP contribution in [0.25, 0.3) is 0 Å². The highest BCUT2D eigenvalue weighted by atomic mass is 32.1. The number of ether oxygens (including phenoxy) is 1. The standard InChI is InChI=1S/C12H22N2OS/c1-4-7-11(15-6-3)12-14-9-10(16-12)8-13-5-2/h9,11,13H,4-8H2,1-3H3. The molecule has 0 bridgehead atoms. The molecule has 0 amide bonds. The molecule has 0 aromatic carbocycles. The van der Waals surface area contributed by atoms with Gasteiger partial charge in [0, 0.05) is 24.2 Å². The second-order valence-electron chi connectivity index (χ2n) is 3.68. The third-order valence-corrected chi connectivity index (χ3v) is 3.40. The summed E-state index contributed by atoms with van der Waals surface area (Å²) in [6.07, 6.45) is 4.34. The molecule has 1 atom stereocenters. The number of aromatic nitrogens is 1. The second-order valence-corrected chi connectivity index (χ2v) is 4.82. The average molecular weight is 242 g/mol. The molecule has 1 rings (SSSR count). The van der Waals surface area contributed by atoms with Gasteiger partial charge in [0.2, 0.25) is 0 Å². The van der Waals surface area contributed by atoms with Crippen LogP contribution in [-0.2, 0) is 11.3 Å². The lowest BCUT2D eigenvalue weighted by Crippen LogP contribution is -2.10. The number of hydrogen-bond donors (Lipinski definition) is 1. The van der Waals surface area contributed by atoms with Crippen molar-refractivity contribution in [3.05, 3.63) is 16.1 Å². The van der Waals surface area contributed by atoms with Crippen molar-refractivity contribution < 1.29 is 4.74 Å². The molecule has 0 fully saturated rings. The fourth-order valence-electron chi connectivity index (χ4n) is 1.54. The highest BCUT2D eigenvalue weighted by Crippen LogP contribution is 2.26. The van der Waals surface area contributed by atoms with E-state index >= 15 is 0 Å². The zero-order valence-corrected chi connectivity index (χ0v) is 11.3. The van der Waals surface area contributed by atoms with Crippen LogP contribution in [0.1, 0.15) is 49.6 Å². The molecule has 4 heteroatoms. The minimum absolute atomic E-state index is 0.190. The van der Waals surface area contributed by atoms with Gasteiger partial charge in [-0.3, -0.25) is 0 Å². The molecule has 0 aliphatic carbocycles. The maximum Gasteiger partial charge on any atom is 0.122 e. The fraction of sp³-hybridized carbons (Fsp3) is 0.750. The van der Waals surface area contributed by atoms with Crippen LogP contribution in [0, 0.1) is 0 Å². The van der Waals surface area contributed by atoms with E-state index in [1.807, 2.05) is 13.1 Å². The Labute approximate surface area is 102 Å². The van der Waals surface area contributed by atoms with Crippen molar-refractivity contribution in [1.29, 1.82) is 0 Å². The summed E-state index contributed by atoms with van der Waals surface area (Å²) in [7, 11) is 0. The van der Waals surface area contributed by atoms with Gasteiger partial charge < -0.3 is 10.1 Å². The van der Waals surface area contributed by atoms with E-state index in [0.717, 1.165) is 37.5 Å². The van der Waals surface area contributed by atoms with E-state index in [-0.39, 0.29) is 6.10 Å². The van der Waals surface area contributed by atoms with E-state index in [0.29, 0.717) is 0 Å². The van der Waals surface area contributed by atoms with Crippen molar-refractivity contribution >= 4 is 11.3 Å². The van der Waals surface area contributed by atoms with Crippen molar-refractivity contribution in [3.63, 3.8) is 0 Å². The Morgan fingerprint density at radius 3 is 2.88 bits per heavy atom. The molecule has 1 N–H and O–H groups in total. The van der Waals surface area contributed by atoms with Gasteiger partial charge in [0.15, 0.2) is 0 Å². The molecule has 1 heterocycles. The number of nitrogens with zero attached hydrogens (tertiary/aromatic N) is 1. The first kappa shape index (κ1) is 13.6. The lowest BCUT2D eigenvalue weighted by atomic mass is 10.2. The molecular formula is C12H22N2OS. The van der Waals surface area contributed by atoms with Crippen LogP contribution in [0.15, 0.2) is 6.20 Å². The molecule has 1 aromatic rings. The number of thiazole rings is 1. The van der Waals surface area contributed by atoms with Gasteiger partial charge in [-0.2, -0.15) is 0 Å². The molecule has 0 radical (unpaired) electrons. The lowest BCUT2D eigenvalue weighted by molar-refractivity contribution is 0.0555. The normalized spacial score (nSPS) is 12.9. The van der Waals surface area contributed by atoms with Gasteiger partial charge in [-0.1, -0.05) is 20.3 Å². The minimum atomic E-state index is 0.190. The van der Waals surface area contributed by atoms with Crippen LogP contribution in [0.4, 0.5) is 0 Å². The summed E-state index contributed by atoms with van der Waals surface area (Å²) < 4.78 is 5.71. The molecule has 0 saturated heterocycles. The Morgan fingerprint density at radius 2 is 2.25 bits per heavy atom. The summed E-state index contributed by atoms with van der Waals surface area (Å²) in [6, 6.07) is 0. The van der Waals surface area contributed by atoms with Gasteiger partial charge in [-0.15, -0.1) is 11.3 Å². The number of hydrogen-bond acceptors (Lipinski definition) is 4. The topological polar surface area (TPSA) is 34.1 Å². The van der Waals surface area contributed by atoms with Crippen molar-refractivity contribution in [1.82, 2.24) is 10.3 Å². The van der Waals surface area contributed by atoms with Crippen LogP contribution in [0.5, 0.6) is 0 Å². The molecule has 3 nitrogen and oxygen atoms in total. The van der Waals surface area contributed by atoms with Gasteiger partial charge in [-0.05, 0) is 19.9 Å². The van der Waals surface area contributed by atoms with E-state index in [2.05, 4.69) is 24.1 Å². The van der Waals surface area contributed by atoms with Crippen LogP contribution in [-0.4, -0.2) is 18.1 Å². The number of nitrogens with one attached hydrogen (secondary N) is 1. The fourth-order valence-corrected chi connectivity index (χ4v) is 2.51. The van der Waals surface area contributed by atoms with E-state index in [9.17, 15) is 0 Å². The Kier molecular flexibility index (Phi) is 6.61. The van der Waals surface area contributed by atoms with Gasteiger partial charge in [-0.25, -0.2) is 4.98 Å². The maximum atomic E-state index is 5.71. The second kappa shape index (κ2) is 7.76. The molecule has 0 saturated carbocycles. The maximum absolute atomic E-state index is 5.71. The smallest absolute Gasteiger partial charge is 0.122 e. The largest absolute Gasteiger partial charge is 0.371 e. The van der Waals surface area contributed by atoms with Crippen LogP contribution in [0.3, 0.4) is 0 Å². The predicted molar refractivity (Wildman–Crippen MR) is 68.8 cm³/mol. The first-order valence-electron chi connectivity index (χ1n) is 6.08. The molecule has 0 aliphatic rings. The Balaban J connectivity index is 2.58. The molecular weight excluding hydrogens is 220 g/mol. The van der Waals surface area contributed by atoms with Gasteiger partial charge >= 0.3 is 0 Å². The van der Waals surface area contributed by atoms with Crippen molar-refractivity contribution in [3.8, 4) is 0 Å². The van der Waals surface area contributed by atoms with Crippen molar-refractivity contribution in [2.45, 2.75) is 46.3 Å². The average Bonchev–Trinajstić information content (AvgIpc) is 2.74. The minimum Gasteiger partial charge on any atom is -0.371 e. The van der Waals surface area contributed by atoms with Crippen molar-refractivity contribution in [2.24, 2.45) is 0 Å². The monoisotopic (exact) mass is 242 g/mol. The molecule has 1 aromatic heterocycles. The molecule has 1 unspecified atom stereocenters. The Hall–Kier alpha value is -0.450. The third kappa shape index (κ3) is 4.20. The summed E-state index contributed by atoms with van der Waals surface area (Å²) in [5.41, 5.74) is 0. The summed E-state index contributed by atoms with van der Waals surface area (Å²) in [5.74, 6) is 0. The zero-order chi connectivity index (χ0) is 11.8. The summed E-state index contributed by atoms with van der Waals surface area (Å²) in [4.78, 5) is 5.75. The molecule has 16 heavy (non-hydrogen) atoms. The van der Waals surface area contributed by atoms with E-state index < -0.39 is 0 Å². The predicted octanol–water partition coefficient (Wildman–Crippen LogP) is 3.13. The summed E-state index contributed by atoms with van der Waals surface area (Å²) in [6.45, 7) is 9.00. The van der Waals surface area contributed by atoms with Gasteiger partial charge in [0.05, 0.1) is 0 Å². The highest BCUT2D eigenvalue weighted by molar-refractivity contribution is 7.11. The molecule has 0 aliphatic heterocycles. The third-order valence-electron chi connectivity index (χ3n) is 2.31. The number of rotatable bonds is 8. The Bertz CT molecular complexity index is 282. The first-order valence-corrected chi connectivity index (χ1v) is 6.90. The van der Waals surface area contributed by atoms with Gasteiger partial charge in [0.1, 0.15) is 11.1 Å². The quantitative estimate of drug-likeness (QED) is 0.760. The van der Waals surface area contributed by atoms with Crippen LogP contribution < -0.4 is 5.32 Å². The zero-order valence-electron chi connectivity index (χ0n) is 10.5. The van der Waals surface area contributed by atoms with Gasteiger partial charge in [0.25, 0.3) is 0 Å². The van der Waals surface area contributed by atoms with Crippen molar-refractivity contribution in [2.75, 3.05) is 13.2 Å². The van der Waals surface area contributed by atoms with E-state index in [1.54, 1.807) is 11.3 Å². The van der Waals surface area contributed by atoms with E-state index in [4.69, 9.17) is 4.74 Å². The molecule has 92 valence electrons. The summed E-state index contributed by atoms with van der Waals surface area (Å²) in [5, 5.41) is 4.43. The first-order chi connectivity index (χ1) is 7.81. The van der Waals surface area contributed by atoms with Crippen LogP contribution in [0.2, 0.25) is 0 Å². The highest BCUT2D eigenvalue weighted by Gasteiger charge is 2.14. The Morgan fingerprint density at radius 1 is 1.44 bits per heavy atom. The SMILES string of the molecule is CCCC(OCC)c1ncc(CNCC)s1. The van der Waals surface area contributed by atoms with E-state index in [1.165, 1.54) is 4.88 Å². The van der Waals surface area contributed by atoms with Crippen LogP contribution >= 0.6 is 11.3 Å². The summed E-state index contributed by atoms with van der Waals surface area (Å²) >= 11 is 1.76.